The summed E-state index contributed by atoms with van der Waals surface area (Å²) in [5.74, 6) is 0.670. The van der Waals surface area contributed by atoms with Crippen LogP contribution in [-0.2, 0) is 6.54 Å². The molecule has 82 valence electrons. The topological polar surface area (TPSA) is 68.9 Å². The van der Waals surface area contributed by atoms with Gasteiger partial charge in [-0.3, -0.25) is 4.79 Å². The Morgan fingerprint density at radius 2 is 2.07 bits per heavy atom. The van der Waals surface area contributed by atoms with Crippen LogP contribution in [0.1, 0.15) is 42.6 Å². The molecule has 4 nitrogen and oxygen atoms in total. The van der Waals surface area contributed by atoms with Gasteiger partial charge >= 0.3 is 0 Å². The fourth-order valence-electron chi connectivity index (χ4n) is 1.27. The predicted octanol–water partition coefficient (Wildman–Crippen LogP) is 1.47. The van der Waals surface area contributed by atoms with Crippen LogP contribution in [0.25, 0.3) is 0 Å². The van der Waals surface area contributed by atoms with Crippen molar-refractivity contribution in [3.63, 3.8) is 0 Å². The van der Waals surface area contributed by atoms with Crippen molar-refractivity contribution >= 4 is 5.78 Å². The molecule has 0 atom stereocenters. The highest BCUT2D eigenvalue weighted by molar-refractivity contribution is 6.00. The Balaban J connectivity index is 3.20. The van der Waals surface area contributed by atoms with Crippen molar-refractivity contribution < 1.29 is 4.79 Å². The molecule has 0 radical (unpaired) electrons. The summed E-state index contributed by atoms with van der Waals surface area (Å²) in [6, 6.07) is 0. The van der Waals surface area contributed by atoms with E-state index in [9.17, 15) is 4.79 Å². The van der Waals surface area contributed by atoms with Crippen LogP contribution in [0.3, 0.4) is 0 Å². The predicted molar refractivity (Wildman–Crippen MR) is 58.4 cm³/mol. The van der Waals surface area contributed by atoms with E-state index in [0.29, 0.717) is 17.1 Å². The highest BCUT2D eigenvalue weighted by atomic mass is 16.1. The normalized spacial score (nSPS) is 11.5. The second kappa shape index (κ2) is 4.06. The molecule has 0 unspecified atom stereocenters. The van der Waals surface area contributed by atoms with Gasteiger partial charge in [0.15, 0.2) is 5.78 Å². The van der Waals surface area contributed by atoms with Crippen LogP contribution in [-0.4, -0.2) is 15.8 Å². The van der Waals surface area contributed by atoms with E-state index >= 15 is 0 Å². The molecule has 0 aliphatic rings. The Labute approximate surface area is 89.9 Å². The van der Waals surface area contributed by atoms with Gasteiger partial charge in [-0.1, -0.05) is 20.8 Å². The van der Waals surface area contributed by atoms with Gasteiger partial charge in [-0.2, -0.15) is 0 Å². The summed E-state index contributed by atoms with van der Waals surface area (Å²) in [4.78, 5) is 20.2. The van der Waals surface area contributed by atoms with Crippen molar-refractivity contribution in [3.05, 3.63) is 23.3 Å². The SMILES string of the molecule is Cc1ncc(C(=O)C(C)(C)C)c(CN)n1. The monoisotopic (exact) mass is 207 g/mol. The van der Waals surface area contributed by atoms with Gasteiger partial charge in [0.05, 0.1) is 11.3 Å². The van der Waals surface area contributed by atoms with E-state index in [2.05, 4.69) is 9.97 Å². The van der Waals surface area contributed by atoms with Crippen molar-refractivity contribution in [1.82, 2.24) is 9.97 Å². The largest absolute Gasteiger partial charge is 0.325 e. The number of carbonyl (C=O) groups is 1. The van der Waals surface area contributed by atoms with Crippen molar-refractivity contribution in [2.45, 2.75) is 34.2 Å². The third-order valence-electron chi connectivity index (χ3n) is 2.11. The van der Waals surface area contributed by atoms with Crippen LogP contribution in [0.15, 0.2) is 6.20 Å². The summed E-state index contributed by atoms with van der Waals surface area (Å²) >= 11 is 0. The van der Waals surface area contributed by atoms with Crippen LogP contribution in [0, 0.1) is 12.3 Å². The average molecular weight is 207 g/mol. The Morgan fingerprint density at radius 3 is 2.53 bits per heavy atom. The lowest BCUT2D eigenvalue weighted by molar-refractivity contribution is 0.0856. The second-order valence-electron chi connectivity index (χ2n) is 4.56. The molecule has 4 heteroatoms. The smallest absolute Gasteiger partial charge is 0.171 e. The lowest BCUT2D eigenvalue weighted by Crippen LogP contribution is -2.23. The highest BCUT2D eigenvalue weighted by Crippen LogP contribution is 2.21. The van der Waals surface area contributed by atoms with Gasteiger partial charge in [-0.25, -0.2) is 9.97 Å². The maximum atomic E-state index is 12.0. The molecule has 0 spiro atoms. The minimum Gasteiger partial charge on any atom is -0.325 e. The van der Waals surface area contributed by atoms with Gasteiger partial charge in [0.25, 0.3) is 0 Å². The van der Waals surface area contributed by atoms with E-state index in [1.54, 1.807) is 13.1 Å². The molecule has 0 aromatic carbocycles. The molecule has 0 saturated heterocycles. The zero-order valence-electron chi connectivity index (χ0n) is 9.66. The summed E-state index contributed by atoms with van der Waals surface area (Å²) in [7, 11) is 0. The molecule has 1 aromatic heterocycles. The molecule has 1 aromatic rings. The van der Waals surface area contributed by atoms with Gasteiger partial charge in [0, 0.05) is 18.2 Å². The quantitative estimate of drug-likeness (QED) is 0.746. The molecule has 0 fully saturated rings. The number of aromatic nitrogens is 2. The first-order valence-corrected chi connectivity index (χ1v) is 4.93. The van der Waals surface area contributed by atoms with Crippen molar-refractivity contribution in [1.29, 1.82) is 0 Å². The molecule has 15 heavy (non-hydrogen) atoms. The third-order valence-corrected chi connectivity index (χ3v) is 2.11. The molecule has 0 amide bonds. The zero-order valence-corrected chi connectivity index (χ0v) is 9.66. The minimum absolute atomic E-state index is 0.0305. The maximum Gasteiger partial charge on any atom is 0.171 e. The highest BCUT2D eigenvalue weighted by Gasteiger charge is 2.25. The first kappa shape index (κ1) is 11.8. The van der Waals surface area contributed by atoms with E-state index < -0.39 is 5.41 Å². The Kier molecular flexibility index (Phi) is 3.19. The average Bonchev–Trinajstić information content (AvgIpc) is 2.15. The van der Waals surface area contributed by atoms with Gasteiger partial charge in [-0.15, -0.1) is 0 Å². The second-order valence-corrected chi connectivity index (χ2v) is 4.56. The first-order chi connectivity index (χ1) is 6.86. The third kappa shape index (κ3) is 2.59. The van der Waals surface area contributed by atoms with Crippen LogP contribution in [0.2, 0.25) is 0 Å². The lowest BCUT2D eigenvalue weighted by atomic mass is 9.86. The summed E-state index contributed by atoms with van der Waals surface area (Å²) in [6.07, 6.45) is 1.57. The van der Waals surface area contributed by atoms with Crippen molar-refractivity contribution in [2.24, 2.45) is 11.1 Å². The van der Waals surface area contributed by atoms with E-state index in [1.165, 1.54) is 0 Å². The number of hydrogen-bond acceptors (Lipinski definition) is 4. The van der Waals surface area contributed by atoms with Crippen molar-refractivity contribution in [3.8, 4) is 0 Å². The number of nitrogens with two attached hydrogens (primary N) is 1. The molecule has 0 aliphatic carbocycles. The van der Waals surface area contributed by atoms with Gasteiger partial charge < -0.3 is 5.73 Å². The van der Waals surface area contributed by atoms with E-state index in [-0.39, 0.29) is 12.3 Å². The van der Waals surface area contributed by atoms with Crippen molar-refractivity contribution in [2.75, 3.05) is 0 Å². The molecule has 0 bridgehead atoms. The molecular weight excluding hydrogens is 190 g/mol. The molecule has 1 heterocycles. The van der Waals surface area contributed by atoms with Crippen LogP contribution in [0.5, 0.6) is 0 Å². The number of rotatable bonds is 2. The Morgan fingerprint density at radius 1 is 1.47 bits per heavy atom. The molecule has 0 saturated carbocycles. The fraction of sp³-hybridized carbons (Fsp3) is 0.545. The Bertz CT molecular complexity index is 380. The summed E-state index contributed by atoms with van der Waals surface area (Å²) in [6.45, 7) is 7.66. The fourth-order valence-corrected chi connectivity index (χ4v) is 1.27. The maximum absolute atomic E-state index is 12.0. The molecular formula is C11H17N3O. The minimum atomic E-state index is -0.428. The van der Waals surface area contributed by atoms with Crippen LogP contribution < -0.4 is 5.73 Å². The molecule has 1 rings (SSSR count). The lowest BCUT2D eigenvalue weighted by Gasteiger charge is -2.17. The van der Waals surface area contributed by atoms with Gasteiger partial charge in [0.1, 0.15) is 5.82 Å². The molecule has 0 aliphatic heterocycles. The van der Waals surface area contributed by atoms with E-state index in [0.717, 1.165) is 0 Å². The number of Topliss-reactive ketones (excluding diaryl/α,β-unsaturated/α-hetero) is 1. The Hall–Kier alpha value is -1.29. The number of hydrogen-bond donors (Lipinski definition) is 1. The van der Waals surface area contributed by atoms with E-state index in [4.69, 9.17) is 5.73 Å². The van der Waals surface area contributed by atoms with Gasteiger partial charge in [0.2, 0.25) is 0 Å². The zero-order chi connectivity index (χ0) is 11.6. The number of nitrogens with zero attached hydrogens (tertiary/aromatic N) is 2. The summed E-state index contributed by atoms with van der Waals surface area (Å²) in [5.41, 5.74) is 6.29. The van der Waals surface area contributed by atoms with E-state index in [1.807, 2.05) is 20.8 Å². The van der Waals surface area contributed by atoms with Crippen LogP contribution in [0.4, 0.5) is 0 Å². The summed E-state index contributed by atoms with van der Waals surface area (Å²) < 4.78 is 0. The van der Waals surface area contributed by atoms with Gasteiger partial charge in [-0.05, 0) is 6.92 Å². The summed E-state index contributed by atoms with van der Waals surface area (Å²) in [5, 5.41) is 0. The molecule has 2 N–H and O–H groups in total. The number of ketones is 1. The number of carbonyl (C=O) groups excluding carboxylic acids is 1. The first-order valence-electron chi connectivity index (χ1n) is 4.93. The number of aryl methyl sites for hydroxylation is 1. The standard InChI is InChI=1S/C11H17N3O/c1-7-13-6-8(9(5-12)14-7)10(15)11(2,3)4/h6H,5,12H2,1-4H3. The van der Waals surface area contributed by atoms with Crippen LogP contribution >= 0.6 is 0 Å².